The molecule has 0 saturated heterocycles. The summed E-state index contributed by atoms with van der Waals surface area (Å²) < 4.78 is 5.12. The van der Waals surface area contributed by atoms with E-state index in [1.807, 2.05) is 6.08 Å². The van der Waals surface area contributed by atoms with Gasteiger partial charge < -0.3 is 4.74 Å². The fraction of sp³-hybridized carbons (Fsp3) is 0.667. The highest BCUT2D eigenvalue weighted by Crippen LogP contribution is 2.65. The molecule has 2 fully saturated rings. The molecule has 3 atom stereocenters. The van der Waals surface area contributed by atoms with Crippen molar-refractivity contribution in [1.82, 2.24) is 0 Å². The Hall–Kier alpha value is -1.38. The predicted molar refractivity (Wildman–Crippen MR) is 82.6 cm³/mol. The second kappa shape index (κ2) is 5.43. The molecule has 0 aliphatic heterocycles. The quantitative estimate of drug-likeness (QED) is 0.440. The van der Waals surface area contributed by atoms with Gasteiger partial charge in [0.15, 0.2) is 5.78 Å². The van der Waals surface area contributed by atoms with Crippen molar-refractivity contribution in [2.24, 2.45) is 22.7 Å². The molecule has 0 aromatic heterocycles. The number of esters is 1. The molecule has 3 heteroatoms. The van der Waals surface area contributed by atoms with Crippen LogP contribution in [0.1, 0.15) is 47.0 Å². The Kier molecular flexibility index (Phi) is 4.14. The van der Waals surface area contributed by atoms with Gasteiger partial charge >= 0.3 is 5.97 Å². The molecule has 0 aromatic carbocycles. The maximum atomic E-state index is 12.8. The van der Waals surface area contributed by atoms with Crippen LogP contribution in [-0.4, -0.2) is 18.4 Å². The fourth-order valence-corrected chi connectivity index (χ4v) is 4.00. The zero-order chi connectivity index (χ0) is 15.8. The first-order chi connectivity index (χ1) is 9.79. The van der Waals surface area contributed by atoms with Crippen LogP contribution in [0.25, 0.3) is 0 Å². The average molecular weight is 290 g/mol. The number of Topliss-reactive ketones (excluding diaryl/α,β-unsaturated/α-hetero) is 1. The number of carbonyl (C=O) groups is 2. The number of hydrogen-bond acceptors (Lipinski definition) is 3. The van der Waals surface area contributed by atoms with E-state index in [0.717, 1.165) is 18.4 Å². The standard InChI is InChI=1S/C18H26O3/c1-6-8-12(16(20)21-7-2)11-13-14-9-10-18(5,15(13)19)17(14,3)4/h6,11-12,14H,1,7-10H2,2-5H3/b13-11-/t12-,14-,18-/m0/s1. The predicted octanol–water partition coefficient (Wildman–Crippen LogP) is 3.69. The van der Waals surface area contributed by atoms with E-state index in [2.05, 4.69) is 27.4 Å². The highest BCUT2D eigenvalue weighted by Gasteiger charge is 2.63. The summed E-state index contributed by atoms with van der Waals surface area (Å²) in [5.41, 5.74) is 0.536. The van der Waals surface area contributed by atoms with Crippen molar-refractivity contribution in [3.8, 4) is 0 Å². The van der Waals surface area contributed by atoms with Gasteiger partial charge in [0.05, 0.1) is 12.5 Å². The minimum Gasteiger partial charge on any atom is -0.466 e. The fourth-order valence-electron chi connectivity index (χ4n) is 4.00. The molecule has 0 heterocycles. The van der Waals surface area contributed by atoms with Crippen molar-refractivity contribution >= 4 is 11.8 Å². The second-order valence-corrected chi connectivity index (χ2v) is 6.98. The van der Waals surface area contributed by atoms with Crippen LogP contribution < -0.4 is 0 Å². The number of allylic oxidation sites excluding steroid dienone is 2. The zero-order valence-corrected chi connectivity index (χ0v) is 13.6. The number of ketones is 1. The summed E-state index contributed by atoms with van der Waals surface area (Å²) in [6.07, 6.45) is 6.07. The van der Waals surface area contributed by atoms with E-state index in [0.29, 0.717) is 13.0 Å². The zero-order valence-electron chi connectivity index (χ0n) is 13.6. The van der Waals surface area contributed by atoms with Crippen LogP contribution in [0.15, 0.2) is 24.3 Å². The molecule has 2 rings (SSSR count). The van der Waals surface area contributed by atoms with Gasteiger partial charge in [0.2, 0.25) is 0 Å². The number of hydrogen-bond donors (Lipinski definition) is 0. The summed E-state index contributed by atoms with van der Waals surface area (Å²) in [5.74, 6) is -0.164. The minimum atomic E-state index is -0.389. The molecule has 0 N–H and O–H groups in total. The topological polar surface area (TPSA) is 43.4 Å². The van der Waals surface area contributed by atoms with Crippen LogP contribution in [0.4, 0.5) is 0 Å². The summed E-state index contributed by atoms with van der Waals surface area (Å²) in [4.78, 5) is 24.8. The Morgan fingerprint density at radius 3 is 2.62 bits per heavy atom. The van der Waals surface area contributed by atoms with E-state index in [4.69, 9.17) is 4.74 Å². The number of carbonyl (C=O) groups excluding carboxylic acids is 2. The van der Waals surface area contributed by atoms with Crippen LogP contribution in [0.3, 0.4) is 0 Å². The summed E-state index contributed by atoms with van der Waals surface area (Å²) in [6.45, 7) is 12.3. The first kappa shape index (κ1) is 16.0. The van der Waals surface area contributed by atoms with E-state index in [1.165, 1.54) is 0 Å². The molecule has 0 radical (unpaired) electrons. The van der Waals surface area contributed by atoms with Gasteiger partial charge in [-0.1, -0.05) is 32.9 Å². The lowest BCUT2D eigenvalue weighted by atomic mass is 9.70. The summed E-state index contributed by atoms with van der Waals surface area (Å²) >= 11 is 0. The normalized spacial score (nSPS) is 33.2. The molecular formula is C18H26O3. The van der Waals surface area contributed by atoms with E-state index in [-0.39, 0.29) is 34.4 Å². The Morgan fingerprint density at radius 1 is 1.48 bits per heavy atom. The summed E-state index contributed by atoms with van der Waals surface area (Å²) in [7, 11) is 0. The Balaban J connectivity index is 2.34. The SMILES string of the molecule is C=CC[C@@H](/C=C1\C(=O)[C@]2(C)CC[C@@H]1C2(C)C)C(=O)OCC. The van der Waals surface area contributed by atoms with E-state index >= 15 is 0 Å². The molecule has 0 aromatic rings. The van der Waals surface area contributed by atoms with Gasteiger partial charge in [-0.2, -0.15) is 0 Å². The maximum Gasteiger partial charge on any atom is 0.313 e. The van der Waals surface area contributed by atoms with Gasteiger partial charge in [-0.05, 0) is 43.1 Å². The molecule has 0 amide bonds. The average Bonchev–Trinajstić information content (AvgIpc) is 2.72. The Morgan fingerprint density at radius 2 is 2.14 bits per heavy atom. The molecule has 2 aliphatic rings. The molecule has 0 unspecified atom stereocenters. The lowest BCUT2D eigenvalue weighted by Gasteiger charge is -2.31. The second-order valence-electron chi connectivity index (χ2n) is 6.98. The molecule has 2 saturated carbocycles. The van der Waals surface area contributed by atoms with Crippen LogP contribution in [0.2, 0.25) is 0 Å². The number of rotatable bonds is 5. The van der Waals surface area contributed by atoms with Gasteiger partial charge in [-0.15, -0.1) is 6.58 Å². The van der Waals surface area contributed by atoms with Crippen molar-refractivity contribution in [3.63, 3.8) is 0 Å². The van der Waals surface area contributed by atoms with Crippen LogP contribution in [0, 0.1) is 22.7 Å². The van der Waals surface area contributed by atoms with Crippen molar-refractivity contribution < 1.29 is 14.3 Å². The molecular weight excluding hydrogens is 264 g/mol. The van der Waals surface area contributed by atoms with Crippen molar-refractivity contribution in [3.05, 3.63) is 24.3 Å². The monoisotopic (exact) mass is 290 g/mol. The molecule has 0 spiro atoms. The third-order valence-electron chi connectivity index (χ3n) is 5.76. The molecule has 2 aliphatic carbocycles. The molecule has 116 valence electrons. The molecule has 21 heavy (non-hydrogen) atoms. The number of ether oxygens (including phenoxy) is 1. The Bertz CT molecular complexity index is 501. The van der Waals surface area contributed by atoms with Gasteiger partial charge in [0, 0.05) is 5.41 Å². The molecule has 2 bridgehead atoms. The lowest BCUT2D eigenvalue weighted by molar-refractivity contribution is -0.146. The van der Waals surface area contributed by atoms with E-state index < -0.39 is 0 Å². The van der Waals surface area contributed by atoms with Crippen molar-refractivity contribution in [2.75, 3.05) is 6.61 Å². The highest BCUT2D eigenvalue weighted by molar-refractivity contribution is 6.05. The van der Waals surface area contributed by atoms with Crippen LogP contribution in [-0.2, 0) is 14.3 Å². The van der Waals surface area contributed by atoms with E-state index in [9.17, 15) is 9.59 Å². The lowest BCUT2D eigenvalue weighted by Crippen LogP contribution is -2.32. The number of fused-ring (bicyclic) bond motifs is 2. The third kappa shape index (κ3) is 2.27. The van der Waals surface area contributed by atoms with Crippen LogP contribution in [0.5, 0.6) is 0 Å². The van der Waals surface area contributed by atoms with Gasteiger partial charge in [0.1, 0.15) is 0 Å². The Labute approximate surface area is 127 Å². The largest absolute Gasteiger partial charge is 0.466 e. The smallest absolute Gasteiger partial charge is 0.313 e. The van der Waals surface area contributed by atoms with Crippen molar-refractivity contribution in [2.45, 2.75) is 47.0 Å². The van der Waals surface area contributed by atoms with Crippen LogP contribution >= 0.6 is 0 Å². The summed E-state index contributed by atoms with van der Waals surface area (Å²) in [6, 6.07) is 0. The van der Waals surface area contributed by atoms with Gasteiger partial charge in [-0.3, -0.25) is 9.59 Å². The van der Waals surface area contributed by atoms with Gasteiger partial charge in [0.25, 0.3) is 0 Å². The third-order valence-corrected chi connectivity index (χ3v) is 5.76. The first-order valence-electron chi connectivity index (χ1n) is 7.83. The maximum absolute atomic E-state index is 12.8. The molecule has 3 nitrogen and oxygen atoms in total. The van der Waals surface area contributed by atoms with E-state index in [1.54, 1.807) is 13.0 Å². The highest BCUT2D eigenvalue weighted by atomic mass is 16.5. The van der Waals surface area contributed by atoms with Crippen molar-refractivity contribution in [1.29, 1.82) is 0 Å². The summed E-state index contributed by atoms with van der Waals surface area (Å²) in [5, 5.41) is 0. The van der Waals surface area contributed by atoms with Gasteiger partial charge in [-0.25, -0.2) is 0 Å². The first-order valence-corrected chi connectivity index (χ1v) is 7.83. The minimum absolute atomic E-state index is 0.0245.